The Balaban J connectivity index is 2.45. The molecule has 1 N–H and O–H groups in total. The van der Waals surface area contributed by atoms with E-state index in [9.17, 15) is 0 Å². The van der Waals surface area contributed by atoms with E-state index in [0.29, 0.717) is 0 Å². The second kappa shape index (κ2) is 1.36. The molecule has 1 heterocycles. The first kappa shape index (κ1) is 4.36. The predicted molar refractivity (Wildman–Crippen MR) is 25.2 cm³/mol. The molecule has 40 valence electrons. The van der Waals surface area contributed by atoms with Crippen LogP contribution in [0.15, 0.2) is 10.4 Å². The molecule has 1 atom stereocenters. The summed E-state index contributed by atoms with van der Waals surface area (Å²) in [4.78, 5) is 0. The highest BCUT2D eigenvalue weighted by molar-refractivity contribution is 4.54. The molecule has 0 aromatic rings. The highest BCUT2D eigenvalue weighted by atomic mass is 15.7. The molecule has 1 unspecified atom stereocenters. The summed E-state index contributed by atoms with van der Waals surface area (Å²) in [5.74, 6) is 0. The summed E-state index contributed by atoms with van der Waals surface area (Å²) >= 11 is 0. The fourth-order valence-electron chi connectivity index (χ4n) is 0.341. The van der Waals surface area contributed by atoms with Crippen molar-refractivity contribution >= 4 is 0 Å². The van der Waals surface area contributed by atoms with Crippen LogP contribution in [0.1, 0.15) is 6.92 Å². The highest BCUT2D eigenvalue weighted by Gasteiger charge is 2.08. The zero-order chi connectivity index (χ0) is 5.28. The Hall–Kier alpha value is -0.800. The van der Waals surface area contributed by atoms with E-state index >= 15 is 0 Å². The van der Waals surface area contributed by atoms with Crippen LogP contribution in [0.5, 0.6) is 0 Å². The standard InChI is InChI=1S/C3H8N4/c1-3-4-5-6-7(3)2/h3H,1-2H3,(H,4,6). The van der Waals surface area contributed by atoms with Crippen molar-refractivity contribution in [2.45, 2.75) is 13.1 Å². The maximum Gasteiger partial charge on any atom is 0.131 e. The lowest BCUT2D eigenvalue weighted by Crippen LogP contribution is -2.28. The molecule has 0 saturated carbocycles. The van der Waals surface area contributed by atoms with Crippen LogP contribution in [-0.4, -0.2) is 18.2 Å². The average molecular weight is 100 g/mol. The van der Waals surface area contributed by atoms with Crippen molar-refractivity contribution in [3.05, 3.63) is 0 Å². The van der Waals surface area contributed by atoms with Gasteiger partial charge in [0.2, 0.25) is 0 Å². The molecule has 7 heavy (non-hydrogen) atoms. The Bertz CT molecular complexity index is 88.9. The summed E-state index contributed by atoms with van der Waals surface area (Å²) in [5.41, 5.74) is 2.75. The zero-order valence-corrected chi connectivity index (χ0v) is 4.42. The second-order valence-corrected chi connectivity index (χ2v) is 1.57. The Kier molecular flexibility index (Phi) is 0.850. The molecule has 4 heteroatoms. The van der Waals surface area contributed by atoms with Gasteiger partial charge in [0.15, 0.2) is 0 Å². The first-order chi connectivity index (χ1) is 3.30. The Morgan fingerprint density at radius 3 is 2.57 bits per heavy atom. The molecule has 0 aromatic carbocycles. The second-order valence-electron chi connectivity index (χ2n) is 1.57. The van der Waals surface area contributed by atoms with Crippen LogP contribution in [0.25, 0.3) is 0 Å². The van der Waals surface area contributed by atoms with Gasteiger partial charge in [0.05, 0.1) is 0 Å². The third kappa shape index (κ3) is 0.629. The molecule has 1 aliphatic rings. The van der Waals surface area contributed by atoms with Crippen LogP contribution in [0.4, 0.5) is 0 Å². The molecule has 0 radical (unpaired) electrons. The molecule has 0 amide bonds. The Labute approximate surface area is 42.2 Å². The summed E-state index contributed by atoms with van der Waals surface area (Å²) in [5, 5.41) is 8.96. The van der Waals surface area contributed by atoms with Crippen molar-refractivity contribution < 1.29 is 0 Å². The molecule has 0 aromatic heterocycles. The van der Waals surface area contributed by atoms with Crippen LogP contribution in [0.3, 0.4) is 0 Å². The summed E-state index contributed by atoms with van der Waals surface area (Å²) < 4.78 is 0. The van der Waals surface area contributed by atoms with Gasteiger partial charge in [-0.05, 0) is 6.92 Å². The minimum absolute atomic E-state index is 0.264. The first-order valence-corrected chi connectivity index (χ1v) is 2.20. The van der Waals surface area contributed by atoms with E-state index in [1.54, 1.807) is 5.01 Å². The summed E-state index contributed by atoms with van der Waals surface area (Å²) in [6.07, 6.45) is 0.264. The monoisotopic (exact) mass is 100 g/mol. The van der Waals surface area contributed by atoms with Crippen LogP contribution < -0.4 is 5.43 Å². The number of nitrogens with zero attached hydrogens (tertiary/aromatic N) is 3. The van der Waals surface area contributed by atoms with Gasteiger partial charge >= 0.3 is 0 Å². The van der Waals surface area contributed by atoms with E-state index in [1.165, 1.54) is 0 Å². The topological polar surface area (TPSA) is 40.0 Å². The zero-order valence-electron chi connectivity index (χ0n) is 4.42. The number of nitrogens with one attached hydrogen (secondary N) is 1. The molecular formula is C3H8N4. The Morgan fingerprint density at radius 1 is 1.71 bits per heavy atom. The van der Waals surface area contributed by atoms with Crippen molar-refractivity contribution in [2.24, 2.45) is 10.4 Å². The number of hydrogen-bond donors (Lipinski definition) is 1. The maximum atomic E-state index is 3.66. The van der Waals surface area contributed by atoms with Gasteiger partial charge in [-0.15, -0.1) is 0 Å². The van der Waals surface area contributed by atoms with Crippen LogP contribution in [0.2, 0.25) is 0 Å². The normalized spacial score (nSPS) is 28.3. The van der Waals surface area contributed by atoms with Crippen LogP contribution >= 0.6 is 0 Å². The van der Waals surface area contributed by atoms with Gasteiger partial charge in [0, 0.05) is 7.05 Å². The van der Waals surface area contributed by atoms with Crippen molar-refractivity contribution in [3.63, 3.8) is 0 Å². The molecule has 1 rings (SSSR count). The Morgan fingerprint density at radius 2 is 2.43 bits per heavy atom. The quantitative estimate of drug-likeness (QED) is 0.470. The summed E-state index contributed by atoms with van der Waals surface area (Å²) in [7, 11) is 1.87. The van der Waals surface area contributed by atoms with Gasteiger partial charge < -0.3 is 0 Å². The molecule has 0 spiro atoms. The smallest absolute Gasteiger partial charge is 0.131 e. The fourth-order valence-corrected chi connectivity index (χ4v) is 0.341. The van der Waals surface area contributed by atoms with Gasteiger partial charge in [-0.25, -0.2) is 0 Å². The van der Waals surface area contributed by atoms with Gasteiger partial charge in [-0.2, -0.15) is 0 Å². The van der Waals surface area contributed by atoms with Crippen LogP contribution in [0, 0.1) is 0 Å². The fraction of sp³-hybridized carbons (Fsp3) is 1.00. The van der Waals surface area contributed by atoms with E-state index in [-0.39, 0.29) is 6.17 Å². The first-order valence-electron chi connectivity index (χ1n) is 2.20. The summed E-state index contributed by atoms with van der Waals surface area (Å²) in [6.45, 7) is 1.99. The third-order valence-corrected chi connectivity index (χ3v) is 0.991. The van der Waals surface area contributed by atoms with Crippen molar-refractivity contribution in [1.29, 1.82) is 0 Å². The van der Waals surface area contributed by atoms with Crippen LogP contribution in [-0.2, 0) is 0 Å². The van der Waals surface area contributed by atoms with Gasteiger partial charge in [-0.1, -0.05) is 10.4 Å². The molecular weight excluding hydrogens is 92.1 g/mol. The largest absolute Gasteiger partial charge is 0.267 e. The lowest BCUT2D eigenvalue weighted by atomic mass is 10.6. The maximum absolute atomic E-state index is 3.66. The number of rotatable bonds is 0. The molecule has 0 bridgehead atoms. The van der Waals surface area contributed by atoms with Gasteiger partial charge in [0.1, 0.15) is 6.17 Å². The van der Waals surface area contributed by atoms with Crippen molar-refractivity contribution in [2.75, 3.05) is 7.05 Å². The minimum Gasteiger partial charge on any atom is -0.267 e. The van der Waals surface area contributed by atoms with Gasteiger partial charge in [0.25, 0.3) is 0 Å². The van der Waals surface area contributed by atoms with E-state index in [2.05, 4.69) is 15.9 Å². The van der Waals surface area contributed by atoms with Crippen molar-refractivity contribution in [1.82, 2.24) is 10.4 Å². The predicted octanol–water partition coefficient (Wildman–Crippen LogP) is 0.150. The van der Waals surface area contributed by atoms with E-state index in [4.69, 9.17) is 0 Å². The SMILES string of the molecule is CC1NN=NN1C. The lowest BCUT2D eigenvalue weighted by Gasteiger charge is -2.08. The van der Waals surface area contributed by atoms with E-state index in [1.807, 2.05) is 14.0 Å². The molecule has 1 aliphatic heterocycles. The lowest BCUT2D eigenvalue weighted by molar-refractivity contribution is 0.285. The third-order valence-electron chi connectivity index (χ3n) is 0.991. The number of hydrogen-bond acceptors (Lipinski definition) is 4. The van der Waals surface area contributed by atoms with E-state index in [0.717, 1.165) is 0 Å². The average Bonchev–Trinajstić information content (AvgIpc) is 1.91. The van der Waals surface area contributed by atoms with E-state index < -0.39 is 0 Å². The molecule has 0 saturated heterocycles. The van der Waals surface area contributed by atoms with Gasteiger partial charge in [-0.3, -0.25) is 10.4 Å². The summed E-state index contributed by atoms with van der Waals surface area (Å²) in [6, 6.07) is 0. The minimum atomic E-state index is 0.264. The molecule has 0 fully saturated rings. The highest BCUT2D eigenvalue weighted by Crippen LogP contribution is 1.97. The molecule has 0 aliphatic carbocycles. The van der Waals surface area contributed by atoms with Crippen molar-refractivity contribution in [3.8, 4) is 0 Å². The molecule has 4 nitrogen and oxygen atoms in total.